The first kappa shape index (κ1) is 16.9. The predicted molar refractivity (Wildman–Crippen MR) is 103 cm³/mol. The van der Waals surface area contributed by atoms with Crippen LogP contribution in [0.25, 0.3) is 10.9 Å². The van der Waals surface area contributed by atoms with Crippen molar-refractivity contribution < 1.29 is 9.53 Å². The van der Waals surface area contributed by atoms with Crippen LogP contribution in [-0.2, 0) is 9.53 Å². The highest BCUT2D eigenvalue weighted by Crippen LogP contribution is 2.30. The van der Waals surface area contributed by atoms with Crippen molar-refractivity contribution in [3.05, 3.63) is 71.9 Å². The zero-order valence-electron chi connectivity index (χ0n) is 14.8. The largest absolute Gasteiger partial charge is 0.381 e. The maximum absolute atomic E-state index is 12.6. The molecule has 1 fully saturated rings. The summed E-state index contributed by atoms with van der Waals surface area (Å²) in [5.74, 6) is 0.341. The molecule has 0 saturated carbocycles. The third-order valence-corrected chi connectivity index (χ3v) is 5.27. The van der Waals surface area contributed by atoms with Crippen molar-refractivity contribution in [3.8, 4) is 0 Å². The Balaban J connectivity index is 1.58. The normalized spacial score (nSPS) is 16.5. The summed E-state index contributed by atoms with van der Waals surface area (Å²) in [7, 11) is 0. The summed E-state index contributed by atoms with van der Waals surface area (Å²) >= 11 is 0. The SMILES string of the molecule is O=C(NC[C@H](c1ccccc1)c1c[nH]c2ccccc12)C1CCOCC1. The minimum Gasteiger partial charge on any atom is -0.381 e. The average Bonchev–Trinajstić information content (AvgIpc) is 3.14. The first-order valence-corrected chi connectivity index (χ1v) is 9.29. The number of rotatable bonds is 5. The van der Waals surface area contributed by atoms with E-state index < -0.39 is 0 Å². The predicted octanol–water partition coefficient (Wildman–Crippen LogP) is 3.84. The van der Waals surface area contributed by atoms with E-state index in [-0.39, 0.29) is 17.7 Å². The van der Waals surface area contributed by atoms with Gasteiger partial charge in [0, 0.05) is 48.7 Å². The van der Waals surface area contributed by atoms with E-state index in [0.29, 0.717) is 19.8 Å². The molecule has 1 saturated heterocycles. The third-order valence-electron chi connectivity index (χ3n) is 5.27. The van der Waals surface area contributed by atoms with Gasteiger partial charge in [-0.15, -0.1) is 0 Å². The van der Waals surface area contributed by atoms with E-state index in [9.17, 15) is 4.79 Å². The molecule has 4 heteroatoms. The summed E-state index contributed by atoms with van der Waals surface area (Å²) in [6.45, 7) is 1.97. The number of para-hydroxylation sites is 1. The van der Waals surface area contributed by atoms with E-state index in [1.54, 1.807) is 0 Å². The van der Waals surface area contributed by atoms with E-state index in [1.165, 1.54) is 16.5 Å². The number of carbonyl (C=O) groups is 1. The zero-order valence-corrected chi connectivity index (χ0v) is 14.8. The van der Waals surface area contributed by atoms with Crippen LogP contribution >= 0.6 is 0 Å². The molecule has 0 bridgehead atoms. The van der Waals surface area contributed by atoms with Gasteiger partial charge in [-0.05, 0) is 30.0 Å². The second-order valence-corrected chi connectivity index (χ2v) is 6.88. The number of aromatic amines is 1. The number of nitrogens with one attached hydrogen (secondary N) is 2. The summed E-state index contributed by atoms with van der Waals surface area (Å²) in [6, 6.07) is 18.7. The highest BCUT2D eigenvalue weighted by atomic mass is 16.5. The van der Waals surface area contributed by atoms with Gasteiger partial charge in [-0.2, -0.15) is 0 Å². The van der Waals surface area contributed by atoms with Crippen molar-refractivity contribution in [2.24, 2.45) is 5.92 Å². The highest BCUT2D eigenvalue weighted by Gasteiger charge is 2.24. The molecule has 1 aliphatic heterocycles. The molecule has 4 nitrogen and oxygen atoms in total. The molecule has 2 heterocycles. The molecule has 4 rings (SSSR count). The van der Waals surface area contributed by atoms with Crippen molar-refractivity contribution in [3.63, 3.8) is 0 Å². The maximum Gasteiger partial charge on any atom is 0.223 e. The number of hydrogen-bond donors (Lipinski definition) is 2. The van der Waals surface area contributed by atoms with Crippen LogP contribution in [0, 0.1) is 5.92 Å². The number of H-pyrrole nitrogens is 1. The molecule has 1 aliphatic rings. The Hall–Kier alpha value is -2.59. The van der Waals surface area contributed by atoms with Crippen molar-refractivity contribution in [2.75, 3.05) is 19.8 Å². The lowest BCUT2D eigenvalue weighted by Crippen LogP contribution is -2.36. The van der Waals surface area contributed by atoms with Crippen molar-refractivity contribution >= 4 is 16.8 Å². The van der Waals surface area contributed by atoms with Gasteiger partial charge in [-0.1, -0.05) is 48.5 Å². The van der Waals surface area contributed by atoms with Crippen LogP contribution in [0.2, 0.25) is 0 Å². The van der Waals surface area contributed by atoms with Crippen LogP contribution < -0.4 is 5.32 Å². The molecular formula is C22H24N2O2. The topological polar surface area (TPSA) is 54.1 Å². The van der Waals surface area contributed by atoms with Crippen LogP contribution in [-0.4, -0.2) is 30.6 Å². The molecule has 0 radical (unpaired) electrons. The van der Waals surface area contributed by atoms with E-state index in [4.69, 9.17) is 4.74 Å². The minimum absolute atomic E-state index is 0.0724. The van der Waals surface area contributed by atoms with Gasteiger partial charge >= 0.3 is 0 Å². The van der Waals surface area contributed by atoms with Gasteiger partial charge in [-0.25, -0.2) is 0 Å². The molecule has 2 aromatic carbocycles. The van der Waals surface area contributed by atoms with E-state index in [2.05, 4.69) is 59.0 Å². The van der Waals surface area contributed by atoms with Crippen LogP contribution in [0.5, 0.6) is 0 Å². The molecule has 0 spiro atoms. The number of benzene rings is 2. The van der Waals surface area contributed by atoms with Crippen LogP contribution in [0.4, 0.5) is 0 Å². The van der Waals surface area contributed by atoms with Crippen molar-refractivity contribution in [1.29, 1.82) is 0 Å². The van der Waals surface area contributed by atoms with Crippen LogP contribution in [0.3, 0.4) is 0 Å². The fourth-order valence-electron chi connectivity index (χ4n) is 3.78. The molecule has 26 heavy (non-hydrogen) atoms. The van der Waals surface area contributed by atoms with E-state index in [0.717, 1.165) is 18.4 Å². The first-order valence-electron chi connectivity index (χ1n) is 9.29. The molecule has 0 unspecified atom stereocenters. The molecule has 2 N–H and O–H groups in total. The summed E-state index contributed by atoms with van der Waals surface area (Å²) in [6.07, 6.45) is 3.70. The van der Waals surface area contributed by atoms with Gasteiger partial charge in [0.05, 0.1) is 0 Å². The second-order valence-electron chi connectivity index (χ2n) is 6.88. The standard InChI is InChI=1S/C22H24N2O2/c25-22(17-10-12-26-13-11-17)24-14-19(16-6-2-1-3-7-16)20-15-23-21-9-5-4-8-18(20)21/h1-9,15,17,19,23H,10-14H2,(H,24,25)/t19-/m1/s1. The summed E-state index contributed by atoms with van der Waals surface area (Å²) < 4.78 is 5.37. The Bertz CT molecular complexity index is 866. The fourth-order valence-corrected chi connectivity index (χ4v) is 3.78. The van der Waals surface area contributed by atoms with Gasteiger partial charge in [0.2, 0.25) is 5.91 Å². The number of fused-ring (bicyclic) bond motifs is 1. The van der Waals surface area contributed by atoms with Gasteiger partial charge < -0.3 is 15.0 Å². The van der Waals surface area contributed by atoms with E-state index in [1.807, 2.05) is 12.1 Å². The number of aromatic nitrogens is 1. The van der Waals surface area contributed by atoms with Crippen LogP contribution in [0.1, 0.15) is 29.9 Å². The Kier molecular flexibility index (Phi) is 5.02. The minimum atomic E-state index is 0.0724. The van der Waals surface area contributed by atoms with Gasteiger partial charge in [0.25, 0.3) is 0 Å². The van der Waals surface area contributed by atoms with E-state index >= 15 is 0 Å². The maximum atomic E-state index is 12.6. The third kappa shape index (κ3) is 3.51. The lowest BCUT2D eigenvalue weighted by atomic mass is 9.90. The number of carbonyl (C=O) groups excluding carboxylic acids is 1. The molecule has 134 valence electrons. The molecule has 1 aromatic heterocycles. The summed E-state index contributed by atoms with van der Waals surface area (Å²) in [5.41, 5.74) is 3.56. The molecule has 1 atom stereocenters. The summed E-state index contributed by atoms with van der Waals surface area (Å²) in [4.78, 5) is 16.0. The molecule has 3 aromatic rings. The number of ether oxygens (including phenoxy) is 1. The quantitative estimate of drug-likeness (QED) is 0.736. The van der Waals surface area contributed by atoms with Gasteiger partial charge in [-0.3, -0.25) is 4.79 Å². The Morgan fingerprint density at radius 3 is 2.62 bits per heavy atom. The lowest BCUT2D eigenvalue weighted by Gasteiger charge is -2.23. The number of hydrogen-bond acceptors (Lipinski definition) is 2. The second kappa shape index (κ2) is 7.75. The Morgan fingerprint density at radius 2 is 1.81 bits per heavy atom. The highest BCUT2D eigenvalue weighted by molar-refractivity contribution is 5.84. The fraction of sp³-hybridized carbons (Fsp3) is 0.318. The molecular weight excluding hydrogens is 324 g/mol. The summed E-state index contributed by atoms with van der Waals surface area (Å²) in [5, 5.41) is 4.41. The van der Waals surface area contributed by atoms with Crippen LogP contribution in [0.15, 0.2) is 60.8 Å². The number of amides is 1. The Morgan fingerprint density at radius 1 is 1.08 bits per heavy atom. The first-order chi connectivity index (χ1) is 12.8. The van der Waals surface area contributed by atoms with Gasteiger partial charge in [0.15, 0.2) is 0 Å². The van der Waals surface area contributed by atoms with Crippen molar-refractivity contribution in [1.82, 2.24) is 10.3 Å². The smallest absolute Gasteiger partial charge is 0.223 e. The zero-order chi connectivity index (χ0) is 17.8. The molecule has 1 amide bonds. The Labute approximate surface area is 153 Å². The van der Waals surface area contributed by atoms with Crippen molar-refractivity contribution in [2.45, 2.75) is 18.8 Å². The average molecular weight is 348 g/mol. The lowest BCUT2D eigenvalue weighted by molar-refractivity contribution is -0.127. The monoisotopic (exact) mass is 348 g/mol. The molecule has 0 aliphatic carbocycles. The van der Waals surface area contributed by atoms with Gasteiger partial charge in [0.1, 0.15) is 0 Å².